The molecule has 2 unspecified atom stereocenters. The van der Waals surface area contributed by atoms with Crippen LogP contribution in [-0.4, -0.2) is 73.1 Å². The van der Waals surface area contributed by atoms with Crippen molar-refractivity contribution in [2.75, 3.05) is 32.9 Å². The van der Waals surface area contributed by atoms with Gasteiger partial charge in [-0.2, -0.15) is 0 Å². The van der Waals surface area contributed by atoms with Gasteiger partial charge in [0.2, 0.25) is 0 Å². The summed E-state index contributed by atoms with van der Waals surface area (Å²) in [5.74, 6) is -1.28. The van der Waals surface area contributed by atoms with Gasteiger partial charge in [-0.25, -0.2) is 4.79 Å². The van der Waals surface area contributed by atoms with Crippen molar-refractivity contribution in [2.45, 2.75) is 25.2 Å². The van der Waals surface area contributed by atoms with E-state index in [9.17, 15) is 9.59 Å². The number of morpholine rings is 1. The average molecular weight is 259 g/mol. The molecule has 2 aliphatic heterocycles. The van der Waals surface area contributed by atoms with Crippen LogP contribution in [0, 0.1) is 0 Å². The summed E-state index contributed by atoms with van der Waals surface area (Å²) in [4.78, 5) is 24.5. The Morgan fingerprint density at radius 3 is 2.61 bits per heavy atom. The SMILES string of the molecule is C[C@@H]1CN(C(=O)C2COCCO2)CC(C(=O)O)O1. The molecule has 2 fully saturated rings. The van der Waals surface area contributed by atoms with Crippen molar-refractivity contribution < 1.29 is 28.9 Å². The maximum Gasteiger partial charge on any atom is 0.334 e. The minimum atomic E-state index is -1.06. The molecule has 3 atom stereocenters. The number of carbonyl (C=O) groups is 2. The van der Waals surface area contributed by atoms with Gasteiger partial charge in [-0.05, 0) is 6.92 Å². The van der Waals surface area contributed by atoms with Crippen LogP contribution in [0.3, 0.4) is 0 Å². The second-order valence-corrected chi connectivity index (χ2v) is 4.45. The first-order valence-corrected chi connectivity index (χ1v) is 5.94. The zero-order chi connectivity index (χ0) is 13.1. The molecular formula is C11H17NO6. The van der Waals surface area contributed by atoms with Crippen molar-refractivity contribution in [3.8, 4) is 0 Å². The number of ether oxygens (including phenoxy) is 3. The molecule has 102 valence electrons. The molecule has 0 spiro atoms. The van der Waals surface area contributed by atoms with Crippen molar-refractivity contribution in [1.82, 2.24) is 4.90 Å². The molecule has 7 heteroatoms. The summed E-state index contributed by atoms with van der Waals surface area (Å²) < 4.78 is 15.7. The van der Waals surface area contributed by atoms with Gasteiger partial charge in [0.25, 0.3) is 5.91 Å². The molecule has 0 aromatic carbocycles. The standard InChI is InChI=1S/C11H17NO6/c1-7-4-12(5-8(18-7)11(14)15)10(13)9-6-16-2-3-17-9/h7-9H,2-6H2,1H3,(H,14,15)/t7-,8?,9?/m1/s1. The van der Waals surface area contributed by atoms with E-state index in [2.05, 4.69) is 0 Å². The Hall–Kier alpha value is -1.18. The van der Waals surface area contributed by atoms with E-state index < -0.39 is 18.2 Å². The fourth-order valence-electron chi connectivity index (χ4n) is 2.10. The average Bonchev–Trinajstić information content (AvgIpc) is 2.38. The summed E-state index contributed by atoms with van der Waals surface area (Å²) in [6.45, 7) is 3.27. The minimum absolute atomic E-state index is 0.0539. The Morgan fingerprint density at radius 1 is 1.22 bits per heavy atom. The van der Waals surface area contributed by atoms with Crippen molar-refractivity contribution >= 4 is 11.9 Å². The van der Waals surface area contributed by atoms with Crippen molar-refractivity contribution in [1.29, 1.82) is 0 Å². The molecule has 0 saturated carbocycles. The Morgan fingerprint density at radius 2 is 2.00 bits per heavy atom. The Labute approximate surface area is 105 Å². The highest BCUT2D eigenvalue weighted by Crippen LogP contribution is 2.14. The first-order chi connectivity index (χ1) is 8.58. The molecule has 0 bridgehead atoms. The molecule has 2 aliphatic rings. The van der Waals surface area contributed by atoms with E-state index in [-0.39, 0.29) is 25.2 Å². The number of aliphatic carboxylic acids is 1. The lowest BCUT2D eigenvalue weighted by Crippen LogP contribution is -2.55. The third-order valence-corrected chi connectivity index (χ3v) is 2.94. The Bertz CT molecular complexity index is 327. The molecule has 0 radical (unpaired) electrons. The maximum atomic E-state index is 12.1. The largest absolute Gasteiger partial charge is 0.479 e. The monoisotopic (exact) mass is 259 g/mol. The van der Waals surface area contributed by atoms with Crippen LogP contribution in [0.1, 0.15) is 6.92 Å². The molecule has 18 heavy (non-hydrogen) atoms. The number of nitrogens with zero attached hydrogens (tertiary/aromatic N) is 1. The summed E-state index contributed by atoms with van der Waals surface area (Å²) in [5, 5.41) is 8.95. The number of carboxylic acid groups (broad SMARTS) is 1. The summed E-state index contributed by atoms with van der Waals surface area (Å²) in [6, 6.07) is 0. The highest BCUT2D eigenvalue weighted by molar-refractivity contribution is 5.82. The molecule has 0 aromatic rings. The molecule has 1 amide bonds. The smallest absolute Gasteiger partial charge is 0.334 e. The summed E-state index contributed by atoms with van der Waals surface area (Å²) in [5.41, 5.74) is 0. The van der Waals surface area contributed by atoms with E-state index in [1.165, 1.54) is 4.90 Å². The second-order valence-electron chi connectivity index (χ2n) is 4.45. The van der Waals surface area contributed by atoms with E-state index in [0.29, 0.717) is 19.8 Å². The summed E-state index contributed by atoms with van der Waals surface area (Å²) >= 11 is 0. The maximum absolute atomic E-state index is 12.1. The van der Waals surface area contributed by atoms with Gasteiger partial charge in [0.15, 0.2) is 12.2 Å². The molecule has 0 aliphatic carbocycles. The van der Waals surface area contributed by atoms with Crippen LogP contribution in [-0.2, 0) is 23.8 Å². The van der Waals surface area contributed by atoms with Crippen molar-refractivity contribution in [2.24, 2.45) is 0 Å². The van der Waals surface area contributed by atoms with Crippen LogP contribution < -0.4 is 0 Å². The predicted octanol–water partition coefficient (Wildman–Crippen LogP) is -0.898. The van der Waals surface area contributed by atoms with Gasteiger partial charge < -0.3 is 24.2 Å². The molecular weight excluding hydrogens is 242 g/mol. The second kappa shape index (κ2) is 5.64. The van der Waals surface area contributed by atoms with E-state index >= 15 is 0 Å². The summed E-state index contributed by atoms with van der Waals surface area (Å²) in [7, 11) is 0. The normalized spacial score (nSPS) is 33.2. The molecule has 7 nitrogen and oxygen atoms in total. The molecule has 0 aromatic heterocycles. The molecule has 2 saturated heterocycles. The van der Waals surface area contributed by atoms with Gasteiger partial charge in [0, 0.05) is 6.54 Å². The first kappa shape index (κ1) is 13.3. The van der Waals surface area contributed by atoms with Crippen molar-refractivity contribution in [3.05, 3.63) is 0 Å². The highest BCUT2D eigenvalue weighted by Gasteiger charge is 2.36. The van der Waals surface area contributed by atoms with E-state index in [0.717, 1.165) is 0 Å². The van der Waals surface area contributed by atoms with E-state index in [1.807, 2.05) is 0 Å². The summed E-state index contributed by atoms with van der Waals surface area (Å²) in [6.07, 6.45) is -1.89. The van der Waals surface area contributed by atoms with Crippen LogP contribution in [0.5, 0.6) is 0 Å². The van der Waals surface area contributed by atoms with Gasteiger partial charge in [0.05, 0.1) is 32.5 Å². The van der Waals surface area contributed by atoms with Gasteiger partial charge in [-0.1, -0.05) is 0 Å². The topological polar surface area (TPSA) is 85.3 Å². The fraction of sp³-hybridized carbons (Fsp3) is 0.818. The first-order valence-electron chi connectivity index (χ1n) is 5.94. The van der Waals surface area contributed by atoms with Gasteiger partial charge in [0.1, 0.15) is 0 Å². The van der Waals surface area contributed by atoms with E-state index in [1.54, 1.807) is 6.92 Å². The number of hydrogen-bond donors (Lipinski definition) is 1. The minimum Gasteiger partial charge on any atom is -0.479 e. The quantitative estimate of drug-likeness (QED) is 0.692. The number of carbonyl (C=O) groups excluding carboxylic acids is 1. The third-order valence-electron chi connectivity index (χ3n) is 2.94. The van der Waals surface area contributed by atoms with Gasteiger partial charge >= 0.3 is 5.97 Å². The van der Waals surface area contributed by atoms with Crippen molar-refractivity contribution in [3.63, 3.8) is 0 Å². The zero-order valence-electron chi connectivity index (χ0n) is 10.2. The fourth-order valence-corrected chi connectivity index (χ4v) is 2.10. The van der Waals surface area contributed by atoms with Crippen LogP contribution in [0.25, 0.3) is 0 Å². The zero-order valence-corrected chi connectivity index (χ0v) is 10.2. The van der Waals surface area contributed by atoms with Crippen LogP contribution in [0.4, 0.5) is 0 Å². The number of carboxylic acids is 1. The van der Waals surface area contributed by atoms with Crippen LogP contribution in [0.2, 0.25) is 0 Å². The number of amides is 1. The lowest BCUT2D eigenvalue weighted by atomic mass is 10.2. The molecule has 2 rings (SSSR count). The third kappa shape index (κ3) is 2.98. The number of rotatable bonds is 2. The van der Waals surface area contributed by atoms with Gasteiger partial charge in [-0.15, -0.1) is 0 Å². The lowest BCUT2D eigenvalue weighted by Gasteiger charge is -2.37. The van der Waals surface area contributed by atoms with Crippen LogP contribution >= 0.6 is 0 Å². The Kier molecular flexibility index (Phi) is 4.15. The van der Waals surface area contributed by atoms with E-state index in [4.69, 9.17) is 19.3 Å². The van der Waals surface area contributed by atoms with Crippen LogP contribution in [0.15, 0.2) is 0 Å². The predicted molar refractivity (Wildman–Crippen MR) is 59.1 cm³/mol. The lowest BCUT2D eigenvalue weighted by molar-refractivity contribution is -0.176. The Balaban J connectivity index is 1.98. The molecule has 1 N–H and O–H groups in total. The highest BCUT2D eigenvalue weighted by atomic mass is 16.6. The number of hydrogen-bond acceptors (Lipinski definition) is 5. The van der Waals surface area contributed by atoms with Gasteiger partial charge in [-0.3, -0.25) is 4.79 Å². The molecule has 2 heterocycles.